The van der Waals surface area contributed by atoms with E-state index in [4.69, 9.17) is 21.4 Å². The van der Waals surface area contributed by atoms with E-state index >= 15 is 0 Å². The zero-order valence-electron chi connectivity index (χ0n) is 18.6. The van der Waals surface area contributed by atoms with Crippen LogP contribution in [-0.4, -0.2) is 73.1 Å². The summed E-state index contributed by atoms with van der Waals surface area (Å²) >= 11 is 6.27. The number of carbonyl (C=O) groups excluding carboxylic acids is 1. The molecule has 4 aromatic rings. The molecule has 0 spiro atoms. The fraction of sp³-hybridized carbons (Fsp3) is 0.304. The molecule has 1 atom stereocenters. The minimum absolute atomic E-state index is 0.279. The maximum absolute atomic E-state index is 13.2. The normalized spacial score (nSPS) is 16.3. The van der Waals surface area contributed by atoms with Crippen molar-refractivity contribution < 1.29 is 14.6 Å². The molecular formula is C23H24ClN7O3. The number of aromatic nitrogens is 5. The quantitative estimate of drug-likeness (QED) is 0.417. The third-order valence-electron chi connectivity index (χ3n) is 5.84. The number of carbonyl (C=O) groups is 1. The molecule has 0 radical (unpaired) electrons. The lowest BCUT2D eigenvalue weighted by Crippen LogP contribution is -2.26. The summed E-state index contributed by atoms with van der Waals surface area (Å²) in [7, 11) is 1.57. The molecule has 0 aliphatic carbocycles. The highest BCUT2D eigenvalue weighted by molar-refractivity contribution is 6.31. The topological polar surface area (TPSA) is 110 Å². The fourth-order valence-electron chi connectivity index (χ4n) is 4.13. The van der Waals surface area contributed by atoms with Crippen molar-refractivity contribution in [1.82, 2.24) is 29.3 Å². The van der Waals surface area contributed by atoms with E-state index in [-0.39, 0.29) is 12.0 Å². The molecule has 4 heterocycles. The van der Waals surface area contributed by atoms with Crippen LogP contribution in [0.4, 0.5) is 5.69 Å². The van der Waals surface area contributed by atoms with Gasteiger partial charge >= 0.3 is 0 Å². The lowest BCUT2D eigenvalue weighted by molar-refractivity contribution is 0.102. The number of hydrogen-bond donors (Lipinski definition) is 2. The minimum atomic E-state index is -0.349. The second-order valence-corrected chi connectivity index (χ2v) is 8.58. The Morgan fingerprint density at radius 2 is 2.24 bits per heavy atom. The molecule has 1 aromatic carbocycles. The number of aliphatic hydroxyl groups is 1. The van der Waals surface area contributed by atoms with Crippen molar-refractivity contribution in [3.05, 3.63) is 59.6 Å². The molecule has 11 heteroatoms. The number of benzene rings is 1. The highest BCUT2D eigenvalue weighted by atomic mass is 35.5. The lowest BCUT2D eigenvalue weighted by atomic mass is 10.1. The molecule has 0 unspecified atom stereocenters. The Bertz CT molecular complexity index is 1340. The van der Waals surface area contributed by atoms with E-state index < -0.39 is 0 Å². The predicted molar refractivity (Wildman–Crippen MR) is 127 cm³/mol. The third kappa shape index (κ3) is 4.47. The number of anilines is 1. The number of β-amino-alcohol motifs (C(OH)–C–C–N with tert-alkyl or cyclic N) is 1. The minimum Gasteiger partial charge on any atom is -0.496 e. The standard InChI is InChI=1S/C23H24ClN7O3/c1-34-20-4-3-15(24)11-17(20)21-19(14-30(28-21)10-9-29-8-5-16(32)13-29)27-23(33)18-12-26-31-7-2-6-25-22(18)31/h2-4,6-7,11-12,14,16,32H,5,8-10,13H2,1H3,(H,27,33)/t16-/m1/s1. The molecule has 5 rings (SSSR count). The predicted octanol–water partition coefficient (Wildman–Crippen LogP) is 2.57. The number of aliphatic hydroxyl groups excluding tert-OH is 1. The summed E-state index contributed by atoms with van der Waals surface area (Å²) in [4.78, 5) is 19.6. The number of fused-ring (bicyclic) bond motifs is 1. The first-order valence-electron chi connectivity index (χ1n) is 10.9. The summed E-state index contributed by atoms with van der Waals surface area (Å²) in [6.07, 6.45) is 7.12. The van der Waals surface area contributed by atoms with Crippen LogP contribution in [0.1, 0.15) is 16.8 Å². The SMILES string of the molecule is COc1ccc(Cl)cc1-c1nn(CCN2CC[C@@H](O)C2)cc1NC(=O)c1cnn2cccnc12. The van der Waals surface area contributed by atoms with Crippen molar-refractivity contribution in [2.24, 2.45) is 0 Å². The maximum Gasteiger partial charge on any atom is 0.261 e. The Kier molecular flexibility index (Phi) is 6.18. The molecular weight excluding hydrogens is 458 g/mol. The first-order chi connectivity index (χ1) is 16.5. The van der Waals surface area contributed by atoms with Gasteiger partial charge in [-0.15, -0.1) is 0 Å². The largest absolute Gasteiger partial charge is 0.496 e. The molecule has 2 N–H and O–H groups in total. The van der Waals surface area contributed by atoms with Crippen molar-refractivity contribution in [3.63, 3.8) is 0 Å². The van der Waals surface area contributed by atoms with E-state index in [0.29, 0.717) is 52.0 Å². The van der Waals surface area contributed by atoms with Crippen LogP contribution in [0.3, 0.4) is 0 Å². The molecule has 34 heavy (non-hydrogen) atoms. The summed E-state index contributed by atoms with van der Waals surface area (Å²) in [6.45, 7) is 2.83. The first kappa shape index (κ1) is 22.3. The number of halogens is 1. The molecule has 1 saturated heterocycles. The Morgan fingerprint density at radius 3 is 3.03 bits per heavy atom. The fourth-order valence-corrected chi connectivity index (χ4v) is 4.30. The van der Waals surface area contributed by atoms with Gasteiger partial charge in [-0.05, 0) is 30.7 Å². The van der Waals surface area contributed by atoms with Gasteiger partial charge in [0.05, 0.1) is 31.6 Å². The van der Waals surface area contributed by atoms with Gasteiger partial charge < -0.3 is 15.2 Å². The summed E-state index contributed by atoms with van der Waals surface area (Å²) in [5, 5.41) is 22.2. The number of nitrogens with one attached hydrogen (secondary N) is 1. The van der Waals surface area contributed by atoms with Crippen molar-refractivity contribution in [2.75, 3.05) is 32.1 Å². The van der Waals surface area contributed by atoms with Gasteiger partial charge in [-0.2, -0.15) is 10.2 Å². The number of methoxy groups -OCH3 is 1. The van der Waals surface area contributed by atoms with Gasteiger partial charge in [0.2, 0.25) is 0 Å². The lowest BCUT2D eigenvalue weighted by Gasteiger charge is -2.14. The van der Waals surface area contributed by atoms with E-state index in [1.54, 1.807) is 59.2 Å². The number of ether oxygens (including phenoxy) is 1. The Balaban J connectivity index is 1.47. The summed E-state index contributed by atoms with van der Waals surface area (Å²) in [5.74, 6) is 0.239. The number of amides is 1. The van der Waals surface area contributed by atoms with E-state index in [1.807, 2.05) is 0 Å². The average Bonchev–Trinajstić information content (AvgIpc) is 3.56. The van der Waals surface area contributed by atoms with Crippen LogP contribution in [0.5, 0.6) is 5.75 Å². The van der Waals surface area contributed by atoms with Crippen molar-refractivity contribution in [1.29, 1.82) is 0 Å². The van der Waals surface area contributed by atoms with E-state index in [9.17, 15) is 9.90 Å². The van der Waals surface area contributed by atoms with Gasteiger partial charge in [0, 0.05) is 48.8 Å². The Morgan fingerprint density at radius 1 is 1.35 bits per heavy atom. The molecule has 0 saturated carbocycles. The van der Waals surface area contributed by atoms with Crippen LogP contribution in [0, 0.1) is 0 Å². The molecule has 0 bridgehead atoms. The average molecular weight is 482 g/mol. The van der Waals surface area contributed by atoms with Crippen molar-refractivity contribution >= 4 is 28.8 Å². The molecule has 1 aliphatic rings. The molecule has 1 amide bonds. The molecule has 1 fully saturated rings. The zero-order valence-corrected chi connectivity index (χ0v) is 19.3. The maximum atomic E-state index is 13.2. The van der Waals surface area contributed by atoms with E-state index in [0.717, 1.165) is 19.5 Å². The smallest absolute Gasteiger partial charge is 0.261 e. The summed E-state index contributed by atoms with van der Waals surface area (Å²) < 4.78 is 8.85. The van der Waals surface area contributed by atoms with Crippen molar-refractivity contribution in [2.45, 2.75) is 19.1 Å². The van der Waals surface area contributed by atoms with Gasteiger partial charge in [0.1, 0.15) is 17.0 Å². The molecule has 176 valence electrons. The number of hydrogen-bond acceptors (Lipinski definition) is 7. The van der Waals surface area contributed by atoms with Crippen LogP contribution < -0.4 is 10.1 Å². The van der Waals surface area contributed by atoms with Gasteiger partial charge in [-0.25, -0.2) is 9.50 Å². The van der Waals surface area contributed by atoms with Crippen LogP contribution >= 0.6 is 11.6 Å². The van der Waals surface area contributed by atoms with Gasteiger partial charge in [-0.3, -0.25) is 14.4 Å². The van der Waals surface area contributed by atoms with E-state index in [1.165, 1.54) is 6.20 Å². The third-order valence-corrected chi connectivity index (χ3v) is 6.08. The number of likely N-dealkylation sites (tertiary alicyclic amines) is 1. The van der Waals surface area contributed by atoms with Crippen LogP contribution in [0.25, 0.3) is 16.9 Å². The second kappa shape index (κ2) is 9.41. The van der Waals surface area contributed by atoms with Gasteiger partial charge in [-0.1, -0.05) is 11.6 Å². The monoisotopic (exact) mass is 481 g/mol. The van der Waals surface area contributed by atoms with Gasteiger partial charge in [0.15, 0.2) is 5.65 Å². The number of rotatable bonds is 7. The van der Waals surface area contributed by atoms with Crippen molar-refractivity contribution in [3.8, 4) is 17.0 Å². The highest BCUT2D eigenvalue weighted by Gasteiger charge is 2.22. The summed E-state index contributed by atoms with van der Waals surface area (Å²) in [6, 6.07) is 7.01. The molecule has 3 aromatic heterocycles. The first-order valence-corrected chi connectivity index (χ1v) is 11.3. The van der Waals surface area contributed by atoms with Crippen LogP contribution in [-0.2, 0) is 6.54 Å². The highest BCUT2D eigenvalue weighted by Crippen LogP contribution is 2.36. The van der Waals surface area contributed by atoms with Crippen LogP contribution in [0.15, 0.2) is 49.1 Å². The van der Waals surface area contributed by atoms with Crippen LogP contribution in [0.2, 0.25) is 5.02 Å². The Labute approximate surface area is 200 Å². The van der Waals surface area contributed by atoms with Gasteiger partial charge in [0.25, 0.3) is 5.91 Å². The molecule has 10 nitrogen and oxygen atoms in total. The Hall–Kier alpha value is -3.47. The van der Waals surface area contributed by atoms with E-state index in [2.05, 4.69) is 20.3 Å². The zero-order chi connectivity index (χ0) is 23.7. The second-order valence-electron chi connectivity index (χ2n) is 8.14. The summed E-state index contributed by atoms with van der Waals surface area (Å²) in [5.41, 5.74) is 2.53. The molecule has 1 aliphatic heterocycles. The number of nitrogens with zero attached hydrogens (tertiary/aromatic N) is 6.